The Labute approximate surface area is 163 Å². The Bertz CT molecular complexity index is 1130. The third kappa shape index (κ3) is 4.63. The molecule has 0 bridgehead atoms. The first kappa shape index (κ1) is 19.3. The molecule has 3 rings (SSSR count). The fourth-order valence-electron chi connectivity index (χ4n) is 2.56. The normalized spacial score (nSPS) is 10.9. The molecule has 7 heteroatoms. The summed E-state index contributed by atoms with van der Waals surface area (Å²) in [6.45, 7) is 1.45. The molecule has 3 aromatic rings. The van der Waals surface area contributed by atoms with E-state index in [2.05, 4.69) is 10.0 Å². The predicted octanol–water partition coefficient (Wildman–Crippen LogP) is 3.94. The smallest absolute Gasteiger partial charge is 0.261 e. The lowest BCUT2D eigenvalue weighted by Gasteiger charge is -2.10. The minimum atomic E-state index is -3.75. The molecule has 2 N–H and O–H groups in total. The summed E-state index contributed by atoms with van der Waals surface area (Å²) in [5.41, 5.74) is 1.52. The highest BCUT2D eigenvalue weighted by Crippen LogP contribution is 2.18. The van der Waals surface area contributed by atoms with Crippen LogP contribution >= 0.6 is 0 Å². The Balaban J connectivity index is 1.78. The van der Waals surface area contributed by atoms with Gasteiger partial charge in [-0.3, -0.25) is 14.3 Å². The quantitative estimate of drug-likeness (QED) is 0.620. The van der Waals surface area contributed by atoms with Crippen molar-refractivity contribution in [2.24, 2.45) is 0 Å². The highest BCUT2D eigenvalue weighted by atomic mass is 32.2. The molecule has 0 unspecified atom stereocenters. The van der Waals surface area contributed by atoms with Crippen LogP contribution in [0.3, 0.4) is 0 Å². The Hall–Kier alpha value is -3.45. The molecule has 0 spiro atoms. The van der Waals surface area contributed by atoms with Gasteiger partial charge in [0, 0.05) is 22.5 Å². The minimum Gasteiger partial charge on any atom is -0.322 e. The van der Waals surface area contributed by atoms with E-state index in [1.807, 2.05) is 0 Å². The summed E-state index contributed by atoms with van der Waals surface area (Å²) in [5.74, 6) is -0.519. The second-order valence-corrected chi connectivity index (χ2v) is 7.77. The van der Waals surface area contributed by atoms with Crippen LogP contribution in [0.4, 0.5) is 11.4 Å². The molecule has 0 aliphatic heterocycles. The summed E-state index contributed by atoms with van der Waals surface area (Å²) in [7, 11) is -3.75. The SMILES string of the molecule is CC(=O)c1cccc(NC(=O)c2cccc(NS(=O)(=O)c3ccccc3)c2)c1. The van der Waals surface area contributed by atoms with Gasteiger partial charge in [0.1, 0.15) is 0 Å². The van der Waals surface area contributed by atoms with E-state index in [1.54, 1.807) is 60.7 Å². The molecule has 0 fully saturated rings. The van der Waals surface area contributed by atoms with Gasteiger partial charge >= 0.3 is 0 Å². The van der Waals surface area contributed by atoms with Crippen molar-refractivity contribution in [3.63, 3.8) is 0 Å². The molecule has 0 heterocycles. The number of hydrogen-bond donors (Lipinski definition) is 2. The largest absolute Gasteiger partial charge is 0.322 e. The van der Waals surface area contributed by atoms with E-state index in [9.17, 15) is 18.0 Å². The number of anilines is 2. The van der Waals surface area contributed by atoms with E-state index in [0.29, 0.717) is 11.3 Å². The van der Waals surface area contributed by atoms with Crippen LogP contribution in [-0.4, -0.2) is 20.1 Å². The minimum absolute atomic E-state index is 0.103. The van der Waals surface area contributed by atoms with Gasteiger partial charge in [-0.25, -0.2) is 8.42 Å². The van der Waals surface area contributed by atoms with Crippen LogP contribution in [0, 0.1) is 0 Å². The summed E-state index contributed by atoms with van der Waals surface area (Å²) in [5, 5.41) is 2.71. The molecule has 3 aromatic carbocycles. The monoisotopic (exact) mass is 394 g/mol. The molecule has 0 aromatic heterocycles. The second kappa shape index (κ2) is 8.06. The fraction of sp³-hybridized carbons (Fsp3) is 0.0476. The van der Waals surface area contributed by atoms with Crippen LogP contribution < -0.4 is 10.0 Å². The molecule has 1 amide bonds. The van der Waals surface area contributed by atoms with Crippen molar-refractivity contribution >= 4 is 33.1 Å². The first-order valence-electron chi connectivity index (χ1n) is 8.45. The van der Waals surface area contributed by atoms with Crippen LogP contribution in [0.1, 0.15) is 27.6 Å². The van der Waals surface area contributed by atoms with Crippen molar-refractivity contribution in [3.05, 3.63) is 90.0 Å². The summed E-state index contributed by atoms with van der Waals surface area (Å²) >= 11 is 0. The Morgan fingerprint density at radius 3 is 2.04 bits per heavy atom. The zero-order valence-corrected chi connectivity index (χ0v) is 15.9. The van der Waals surface area contributed by atoms with Gasteiger partial charge in [-0.2, -0.15) is 0 Å². The van der Waals surface area contributed by atoms with Gasteiger partial charge in [-0.15, -0.1) is 0 Å². The van der Waals surface area contributed by atoms with Crippen molar-refractivity contribution in [1.82, 2.24) is 0 Å². The van der Waals surface area contributed by atoms with Crippen LogP contribution in [0.5, 0.6) is 0 Å². The number of Topliss-reactive ketones (excluding diaryl/α,β-unsaturated/α-hetero) is 1. The summed E-state index contributed by atoms with van der Waals surface area (Å²) in [6, 6.07) is 20.7. The first-order chi connectivity index (χ1) is 13.3. The molecule has 142 valence electrons. The number of rotatable bonds is 6. The lowest BCUT2D eigenvalue weighted by atomic mass is 10.1. The number of nitrogens with one attached hydrogen (secondary N) is 2. The van der Waals surface area contributed by atoms with E-state index in [1.165, 1.54) is 25.1 Å². The first-order valence-corrected chi connectivity index (χ1v) is 9.94. The van der Waals surface area contributed by atoms with Gasteiger partial charge < -0.3 is 5.32 Å². The van der Waals surface area contributed by atoms with E-state index < -0.39 is 15.9 Å². The molecule has 0 atom stereocenters. The van der Waals surface area contributed by atoms with E-state index in [4.69, 9.17) is 0 Å². The van der Waals surface area contributed by atoms with Crippen LogP contribution in [0.2, 0.25) is 0 Å². The highest BCUT2D eigenvalue weighted by Gasteiger charge is 2.15. The van der Waals surface area contributed by atoms with Crippen LogP contribution in [0.15, 0.2) is 83.8 Å². The Kier molecular flexibility index (Phi) is 5.56. The summed E-state index contributed by atoms with van der Waals surface area (Å²) in [4.78, 5) is 24.1. The van der Waals surface area contributed by atoms with Gasteiger partial charge in [0.05, 0.1) is 4.90 Å². The Morgan fingerprint density at radius 2 is 1.36 bits per heavy atom. The lowest BCUT2D eigenvalue weighted by Crippen LogP contribution is -2.15. The maximum absolute atomic E-state index is 12.5. The highest BCUT2D eigenvalue weighted by molar-refractivity contribution is 7.92. The van der Waals surface area contributed by atoms with Crippen molar-refractivity contribution in [2.45, 2.75) is 11.8 Å². The van der Waals surface area contributed by atoms with Crippen molar-refractivity contribution in [3.8, 4) is 0 Å². The number of carbonyl (C=O) groups excluding carboxylic acids is 2. The Morgan fingerprint density at radius 1 is 0.750 bits per heavy atom. The number of carbonyl (C=O) groups is 2. The van der Waals surface area contributed by atoms with Crippen molar-refractivity contribution in [1.29, 1.82) is 0 Å². The van der Waals surface area contributed by atoms with E-state index in [-0.39, 0.29) is 21.9 Å². The predicted molar refractivity (Wildman–Crippen MR) is 108 cm³/mol. The third-order valence-corrected chi connectivity index (χ3v) is 5.35. The van der Waals surface area contributed by atoms with Gasteiger partial charge in [-0.1, -0.05) is 36.4 Å². The van der Waals surface area contributed by atoms with Gasteiger partial charge in [0.15, 0.2) is 5.78 Å². The van der Waals surface area contributed by atoms with Crippen LogP contribution in [-0.2, 0) is 10.0 Å². The third-order valence-electron chi connectivity index (χ3n) is 3.96. The summed E-state index contributed by atoms with van der Waals surface area (Å²) < 4.78 is 27.3. The number of hydrogen-bond acceptors (Lipinski definition) is 4. The maximum Gasteiger partial charge on any atom is 0.261 e. The molecular formula is C21H18N2O4S. The average molecular weight is 394 g/mol. The number of benzene rings is 3. The number of amides is 1. The molecule has 0 saturated carbocycles. The molecule has 0 aliphatic carbocycles. The zero-order valence-electron chi connectivity index (χ0n) is 15.0. The number of sulfonamides is 1. The van der Waals surface area contributed by atoms with Gasteiger partial charge in [-0.05, 0) is 49.4 Å². The molecule has 6 nitrogen and oxygen atoms in total. The average Bonchev–Trinajstić information content (AvgIpc) is 2.69. The summed E-state index contributed by atoms with van der Waals surface area (Å²) in [6.07, 6.45) is 0. The maximum atomic E-state index is 12.5. The zero-order chi connectivity index (χ0) is 20.1. The van der Waals surface area contributed by atoms with Crippen molar-refractivity contribution < 1.29 is 18.0 Å². The molecular weight excluding hydrogens is 376 g/mol. The van der Waals surface area contributed by atoms with Crippen molar-refractivity contribution in [2.75, 3.05) is 10.0 Å². The second-order valence-electron chi connectivity index (χ2n) is 6.09. The van der Waals surface area contributed by atoms with Gasteiger partial charge in [0.2, 0.25) is 0 Å². The molecule has 0 saturated heterocycles. The number of ketones is 1. The van der Waals surface area contributed by atoms with Crippen LogP contribution in [0.25, 0.3) is 0 Å². The molecule has 0 aliphatic rings. The van der Waals surface area contributed by atoms with E-state index >= 15 is 0 Å². The lowest BCUT2D eigenvalue weighted by molar-refractivity contribution is 0.101. The standard InChI is InChI=1S/C21H18N2O4S/c1-15(24)16-7-5-9-18(13-16)22-21(25)17-8-6-10-19(14-17)23-28(26,27)20-11-3-2-4-12-20/h2-14,23H,1H3,(H,22,25). The topological polar surface area (TPSA) is 92.3 Å². The molecule has 28 heavy (non-hydrogen) atoms. The van der Waals surface area contributed by atoms with E-state index in [0.717, 1.165) is 0 Å². The fourth-order valence-corrected chi connectivity index (χ4v) is 3.63. The molecule has 0 radical (unpaired) electrons. The van der Waals surface area contributed by atoms with Gasteiger partial charge in [0.25, 0.3) is 15.9 Å².